The van der Waals surface area contributed by atoms with E-state index in [1.165, 1.54) is 54.4 Å². The van der Waals surface area contributed by atoms with Gasteiger partial charge in [0.1, 0.15) is 16.3 Å². The summed E-state index contributed by atoms with van der Waals surface area (Å²) in [4.78, 5) is 14.3. The van der Waals surface area contributed by atoms with Gasteiger partial charge in [-0.1, -0.05) is 5.16 Å². The summed E-state index contributed by atoms with van der Waals surface area (Å²) in [6.07, 6.45) is 0. The minimum absolute atomic E-state index is 0.00771. The molecule has 1 saturated heterocycles. The highest BCUT2D eigenvalue weighted by atomic mass is 32.2. The average molecular weight is 487 g/mol. The molecule has 0 saturated carbocycles. The SMILES string of the molecule is COc1ccc(S(=O)(=O)N[C@@H](C)C(=O)N2CCN(S(=O)(=O)c3c(C)noc3C)CC2)cc1. The first-order chi connectivity index (χ1) is 15.0. The lowest BCUT2D eigenvalue weighted by Crippen LogP contribution is -2.55. The Morgan fingerprint density at radius 3 is 2.19 bits per heavy atom. The van der Waals surface area contributed by atoms with Crippen LogP contribution in [0.25, 0.3) is 0 Å². The third kappa shape index (κ3) is 4.80. The van der Waals surface area contributed by atoms with Crippen molar-refractivity contribution in [1.29, 1.82) is 0 Å². The molecule has 0 aliphatic carbocycles. The van der Waals surface area contributed by atoms with Crippen LogP contribution in [-0.4, -0.2) is 76.4 Å². The second kappa shape index (κ2) is 9.17. The molecule has 2 aromatic rings. The molecule has 1 aromatic heterocycles. The molecule has 1 amide bonds. The van der Waals surface area contributed by atoms with E-state index in [1.807, 2.05) is 0 Å². The number of hydrogen-bond acceptors (Lipinski definition) is 8. The van der Waals surface area contributed by atoms with Gasteiger partial charge in [0.05, 0.1) is 18.0 Å². The smallest absolute Gasteiger partial charge is 0.248 e. The van der Waals surface area contributed by atoms with Crippen LogP contribution in [0.4, 0.5) is 0 Å². The third-order valence-corrected chi connectivity index (χ3v) is 8.89. The van der Waals surface area contributed by atoms with Gasteiger partial charge in [0.15, 0.2) is 5.76 Å². The fourth-order valence-electron chi connectivity index (χ4n) is 3.50. The van der Waals surface area contributed by atoms with Crippen molar-refractivity contribution in [2.45, 2.75) is 36.6 Å². The molecule has 1 aliphatic rings. The number of amides is 1. The van der Waals surface area contributed by atoms with Crippen LogP contribution in [0.15, 0.2) is 38.6 Å². The van der Waals surface area contributed by atoms with E-state index < -0.39 is 32.0 Å². The number of hydrogen-bond donors (Lipinski definition) is 1. The molecule has 0 radical (unpaired) electrons. The van der Waals surface area contributed by atoms with E-state index in [9.17, 15) is 21.6 Å². The number of aryl methyl sites for hydroxylation is 2. The lowest BCUT2D eigenvalue weighted by atomic mass is 10.2. The van der Waals surface area contributed by atoms with Gasteiger partial charge >= 0.3 is 0 Å². The number of sulfonamides is 2. The largest absolute Gasteiger partial charge is 0.497 e. The molecule has 11 nitrogen and oxygen atoms in total. The van der Waals surface area contributed by atoms with Crippen LogP contribution >= 0.6 is 0 Å². The summed E-state index contributed by atoms with van der Waals surface area (Å²) in [6.45, 7) is 4.97. The van der Waals surface area contributed by atoms with E-state index >= 15 is 0 Å². The van der Waals surface area contributed by atoms with Gasteiger partial charge in [-0.2, -0.15) is 9.03 Å². The molecule has 2 heterocycles. The van der Waals surface area contributed by atoms with Crippen LogP contribution in [-0.2, 0) is 24.8 Å². The number of nitrogens with one attached hydrogen (secondary N) is 1. The quantitative estimate of drug-likeness (QED) is 0.597. The Morgan fingerprint density at radius 1 is 1.09 bits per heavy atom. The highest BCUT2D eigenvalue weighted by Crippen LogP contribution is 2.24. The van der Waals surface area contributed by atoms with Crippen molar-refractivity contribution in [3.63, 3.8) is 0 Å². The number of piperazine rings is 1. The van der Waals surface area contributed by atoms with Gasteiger partial charge in [-0.05, 0) is 45.0 Å². The molecule has 1 N–H and O–H groups in total. The van der Waals surface area contributed by atoms with Gasteiger partial charge in [-0.25, -0.2) is 16.8 Å². The van der Waals surface area contributed by atoms with Gasteiger partial charge in [-0.15, -0.1) is 0 Å². The summed E-state index contributed by atoms with van der Waals surface area (Å²) in [5, 5.41) is 3.69. The van der Waals surface area contributed by atoms with E-state index in [1.54, 1.807) is 6.92 Å². The van der Waals surface area contributed by atoms with Crippen LogP contribution in [0.2, 0.25) is 0 Å². The maximum absolute atomic E-state index is 12.9. The third-order valence-electron chi connectivity index (χ3n) is 5.19. The minimum Gasteiger partial charge on any atom is -0.497 e. The zero-order valence-corrected chi connectivity index (χ0v) is 19.9. The highest BCUT2D eigenvalue weighted by molar-refractivity contribution is 7.89. The fraction of sp³-hybridized carbons (Fsp3) is 0.474. The summed E-state index contributed by atoms with van der Waals surface area (Å²) in [5.74, 6) is 0.288. The lowest BCUT2D eigenvalue weighted by Gasteiger charge is -2.35. The van der Waals surface area contributed by atoms with Crippen LogP contribution in [0.5, 0.6) is 5.75 Å². The Hall–Kier alpha value is -2.48. The second-order valence-electron chi connectivity index (χ2n) is 7.40. The number of carbonyl (C=O) groups excluding carboxylic acids is 1. The first kappa shape index (κ1) is 24.2. The molecule has 3 rings (SSSR count). The number of nitrogens with zero attached hydrogens (tertiary/aromatic N) is 3. The average Bonchev–Trinajstić information content (AvgIpc) is 3.11. The Kier molecular flexibility index (Phi) is 6.93. The van der Waals surface area contributed by atoms with Gasteiger partial charge in [0.25, 0.3) is 0 Å². The number of methoxy groups -OCH3 is 1. The lowest BCUT2D eigenvalue weighted by molar-refractivity contribution is -0.133. The summed E-state index contributed by atoms with van der Waals surface area (Å²) in [7, 11) is -6.25. The predicted molar refractivity (Wildman–Crippen MR) is 114 cm³/mol. The van der Waals surface area contributed by atoms with Crippen molar-refractivity contribution in [2.24, 2.45) is 0 Å². The summed E-state index contributed by atoms with van der Waals surface area (Å²) in [6, 6.07) is 4.78. The molecule has 1 atom stereocenters. The van der Waals surface area contributed by atoms with Crippen molar-refractivity contribution in [1.82, 2.24) is 19.1 Å². The summed E-state index contributed by atoms with van der Waals surface area (Å²) in [5.41, 5.74) is 0.280. The standard InChI is InChI=1S/C19H26N4O7S2/c1-13-18(15(3)30-20-13)32(27,28)23-11-9-22(10-12-23)19(24)14(2)21-31(25,26)17-7-5-16(29-4)6-8-17/h5-8,14,21H,9-12H2,1-4H3/t14-/m0/s1. The van der Waals surface area contributed by atoms with Crippen molar-refractivity contribution < 1.29 is 30.9 Å². The molecular weight excluding hydrogens is 460 g/mol. The van der Waals surface area contributed by atoms with Crippen molar-refractivity contribution >= 4 is 26.0 Å². The van der Waals surface area contributed by atoms with E-state index in [0.29, 0.717) is 5.75 Å². The number of benzene rings is 1. The maximum atomic E-state index is 12.9. The molecule has 1 aliphatic heterocycles. The summed E-state index contributed by atoms with van der Waals surface area (Å²) < 4.78 is 64.6. The molecule has 0 spiro atoms. The molecule has 0 bridgehead atoms. The first-order valence-electron chi connectivity index (χ1n) is 9.85. The van der Waals surface area contributed by atoms with E-state index in [-0.39, 0.29) is 47.4 Å². The summed E-state index contributed by atoms with van der Waals surface area (Å²) >= 11 is 0. The van der Waals surface area contributed by atoms with Gasteiger partial charge in [0.2, 0.25) is 26.0 Å². The molecule has 13 heteroatoms. The maximum Gasteiger partial charge on any atom is 0.248 e. The molecule has 0 unspecified atom stereocenters. The van der Waals surface area contributed by atoms with Crippen LogP contribution in [0, 0.1) is 13.8 Å². The van der Waals surface area contributed by atoms with Gasteiger partial charge in [-0.3, -0.25) is 4.79 Å². The monoisotopic (exact) mass is 486 g/mol. The predicted octanol–water partition coefficient (Wildman–Crippen LogP) is 0.500. The van der Waals surface area contributed by atoms with Gasteiger partial charge in [0, 0.05) is 26.2 Å². The van der Waals surface area contributed by atoms with E-state index in [4.69, 9.17) is 9.26 Å². The first-order valence-corrected chi connectivity index (χ1v) is 12.8. The van der Waals surface area contributed by atoms with Crippen LogP contribution in [0.1, 0.15) is 18.4 Å². The number of carbonyl (C=O) groups is 1. The molecule has 1 fully saturated rings. The number of ether oxygens (including phenoxy) is 1. The zero-order chi connectivity index (χ0) is 23.7. The number of rotatable bonds is 7. The van der Waals surface area contributed by atoms with E-state index in [0.717, 1.165) is 0 Å². The van der Waals surface area contributed by atoms with Crippen LogP contribution in [0.3, 0.4) is 0 Å². The van der Waals surface area contributed by atoms with E-state index in [2.05, 4.69) is 9.88 Å². The molecular formula is C19H26N4O7S2. The van der Waals surface area contributed by atoms with Gasteiger partial charge < -0.3 is 14.2 Å². The Balaban J connectivity index is 1.63. The Morgan fingerprint density at radius 2 is 1.69 bits per heavy atom. The topological polar surface area (TPSA) is 139 Å². The number of aromatic nitrogens is 1. The molecule has 176 valence electrons. The molecule has 1 aromatic carbocycles. The Labute approximate surface area is 187 Å². The highest BCUT2D eigenvalue weighted by Gasteiger charge is 2.35. The Bertz CT molecular complexity index is 1160. The second-order valence-corrected chi connectivity index (χ2v) is 11.0. The zero-order valence-electron chi connectivity index (χ0n) is 18.2. The minimum atomic E-state index is -3.92. The fourth-order valence-corrected chi connectivity index (χ4v) is 6.41. The molecule has 32 heavy (non-hydrogen) atoms. The van der Waals surface area contributed by atoms with Crippen molar-refractivity contribution in [3.8, 4) is 5.75 Å². The van der Waals surface area contributed by atoms with Crippen molar-refractivity contribution in [3.05, 3.63) is 35.7 Å². The normalized spacial score (nSPS) is 16.7. The van der Waals surface area contributed by atoms with Crippen LogP contribution < -0.4 is 9.46 Å². The van der Waals surface area contributed by atoms with Crippen molar-refractivity contribution in [2.75, 3.05) is 33.3 Å².